The normalized spacial score (nSPS) is 10.2. The lowest BCUT2D eigenvalue weighted by Gasteiger charge is -2.05. The third-order valence-corrected chi connectivity index (χ3v) is 3.70. The highest BCUT2D eigenvalue weighted by molar-refractivity contribution is 7.99. The minimum Gasteiger partial charge on any atom is -0.478 e. The zero-order chi connectivity index (χ0) is 15.4. The van der Waals surface area contributed by atoms with Crippen LogP contribution in [0.25, 0.3) is 0 Å². The van der Waals surface area contributed by atoms with E-state index in [2.05, 4.69) is 10.3 Å². The molecule has 0 radical (unpaired) electrons. The Hall–Kier alpha value is -2.05. The van der Waals surface area contributed by atoms with E-state index in [1.54, 1.807) is 12.1 Å². The van der Waals surface area contributed by atoms with Gasteiger partial charge in [0, 0.05) is 23.7 Å². The summed E-state index contributed by atoms with van der Waals surface area (Å²) in [5.74, 6) is -1.23. The number of hydrogen-bond donors (Lipinski definition) is 2. The summed E-state index contributed by atoms with van der Waals surface area (Å²) in [5, 5.41) is 12.3. The van der Waals surface area contributed by atoms with Crippen molar-refractivity contribution in [3.05, 3.63) is 47.1 Å². The zero-order valence-electron chi connectivity index (χ0n) is 11.0. The van der Waals surface area contributed by atoms with Crippen LogP contribution in [0.15, 0.2) is 46.5 Å². The van der Waals surface area contributed by atoms with Gasteiger partial charge in [0.25, 0.3) is 0 Å². The number of carbonyl (C=O) groups is 2. The van der Waals surface area contributed by atoms with Crippen molar-refractivity contribution in [3.8, 4) is 0 Å². The Morgan fingerprint density at radius 1 is 1.29 bits per heavy atom. The van der Waals surface area contributed by atoms with Gasteiger partial charge in [0.05, 0.1) is 10.6 Å². The number of rotatable bonds is 4. The average Bonchev–Trinajstić information content (AvgIpc) is 2.42. The lowest BCUT2D eigenvalue weighted by Crippen LogP contribution is -2.05. The van der Waals surface area contributed by atoms with E-state index in [-0.39, 0.29) is 16.5 Å². The van der Waals surface area contributed by atoms with Crippen LogP contribution < -0.4 is 5.32 Å². The molecule has 0 saturated heterocycles. The number of pyridine rings is 1. The van der Waals surface area contributed by atoms with Crippen LogP contribution in [0.5, 0.6) is 0 Å². The third-order valence-electron chi connectivity index (χ3n) is 2.46. The molecule has 0 aliphatic carbocycles. The number of halogens is 1. The zero-order valence-corrected chi connectivity index (χ0v) is 12.5. The van der Waals surface area contributed by atoms with Crippen molar-refractivity contribution in [1.29, 1.82) is 0 Å². The maximum Gasteiger partial charge on any atom is 0.337 e. The van der Waals surface area contributed by atoms with Crippen LogP contribution in [0.1, 0.15) is 17.3 Å². The van der Waals surface area contributed by atoms with E-state index in [1.165, 1.54) is 30.9 Å². The van der Waals surface area contributed by atoms with Crippen LogP contribution in [0.4, 0.5) is 5.69 Å². The van der Waals surface area contributed by atoms with Gasteiger partial charge in [-0.05, 0) is 30.3 Å². The Balaban J connectivity index is 2.16. The molecular formula is C14H11ClN2O3S. The van der Waals surface area contributed by atoms with Gasteiger partial charge >= 0.3 is 5.97 Å². The molecule has 0 saturated carbocycles. The molecule has 7 heteroatoms. The third kappa shape index (κ3) is 4.21. The highest BCUT2D eigenvalue weighted by Crippen LogP contribution is 2.29. The van der Waals surface area contributed by atoms with Crippen molar-refractivity contribution in [3.63, 3.8) is 0 Å². The molecule has 0 aliphatic heterocycles. The molecule has 1 amide bonds. The fourth-order valence-corrected chi connectivity index (χ4v) is 2.55. The van der Waals surface area contributed by atoms with Gasteiger partial charge in [-0.15, -0.1) is 0 Å². The second-order valence-electron chi connectivity index (χ2n) is 4.12. The van der Waals surface area contributed by atoms with Gasteiger partial charge in [-0.25, -0.2) is 9.78 Å². The molecule has 2 rings (SSSR count). The van der Waals surface area contributed by atoms with Gasteiger partial charge in [-0.3, -0.25) is 4.79 Å². The molecule has 1 heterocycles. The summed E-state index contributed by atoms with van der Waals surface area (Å²) in [5.41, 5.74) is 0.714. The first-order valence-electron chi connectivity index (χ1n) is 5.90. The van der Waals surface area contributed by atoms with Crippen molar-refractivity contribution >= 4 is 40.9 Å². The molecule has 0 atom stereocenters. The molecule has 1 aromatic heterocycles. The number of nitrogens with one attached hydrogen (secondary N) is 1. The summed E-state index contributed by atoms with van der Waals surface area (Å²) in [6, 6.07) is 8.58. The van der Waals surface area contributed by atoms with Crippen LogP contribution in [0.2, 0.25) is 5.02 Å². The number of aromatic carboxylic acids is 1. The Kier molecular flexibility index (Phi) is 4.82. The number of amides is 1. The van der Waals surface area contributed by atoms with E-state index in [0.29, 0.717) is 10.7 Å². The van der Waals surface area contributed by atoms with Gasteiger partial charge in [0.1, 0.15) is 5.03 Å². The summed E-state index contributed by atoms with van der Waals surface area (Å²) in [6.45, 7) is 1.44. The molecule has 0 bridgehead atoms. The molecule has 2 N–H and O–H groups in total. The van der Waals surface area contributed by atoms with E-state index >= 15 is 0 Å². The standard InChI is InChI=1S/C14H11ClN2O3S/c1-8(18)17-9-2-4-10(5-3-9)21-13-6-11(14(19)20)12(15)7-16-13/h2-7H,1H3,(H,17,18)(H,19,20). The van der Waals surface area contributed by atoms with Crippen molar-refractivity contribution in [1.82, 2.24) is 4.98 Å². The highest BCUT2D eigenvalue weighted by Gasteiger charge is 2.11. The first kappa shape index (κ1) is 15.3. The molecule has 108 valence electrons. The fourth-order valence-electron chi connectivity index (χ4n) is 1.57. The summed E-state index contributed by atoms with van der Waals surface area (Å²) in [4.78, 5) is 26.9. The van der Waals surface area contributed by atoms with E-state index in [0.717, 1.165) is 4.90 Å². The lowest BCUT2D eigenvalue weighted by atomic mass is 10.3. The Labute approximate surface area is 130 Å². The van der Waals surface area contributed by atoms with Gasteiger partial charge < -0.3 is 10.4 Å². The molecule has 0 spiro atoms. The van der Waals surface area contributed by atoms with Crippen LogP contribution in [-0.4, -0.2) is 22.0 Å². The number of hydrogen-bond acceptors (Lipinski definition) is 4. The molecule has 2 aromatic rings. The molecule has 0 unspecified atom stereocenters. The molecule has 1 aromatic carbocycles. The van der Waals surface area contributed by atoms with Gasteiger partial charge in [-0.2, -0.15) is 0 Å². The molecule has 5 nitrogen and oxygen atoms in total. The molecular weight excluding hydrogens is 312 g/mol. The van der Waals surface area contributed by atoms with Crippen LogP contribution in [-0.2, 0) is 4.79 Å². The van der Waals surface area contributed by atoms with E-state index < -0.39 is 5.97 Å². The van der Waals surface area contributed by atoms with Crippen molar-refractivity contribution in [2.45, 2.75) is 16.8 Å². The average molecular weight is 323 g/mol. The van der Waals surface area contributed by atoms with Crippen molar-refractivity contribution < 1.29 is 14.7 Å². The number of carboxylic acids is 1. The monoisotopic (exact) mass is 322 g/mol. The number of benzene rings is 1. The second kappa shape index (κ2) is 6.60. The SMILES string of the molecule is CC(=O)Nc1ccc(Sc2cc(C(=O)O)c(Cl)cn2)cc1. The molecule has 21 heavy (non-hydrogen) atoms. The largest absolute Gasteiger partial charge is 0.478 e. The Bertz CT molecular complexity index is 689. The summed E-state index contributed by atoms with van der Waals surface area (Å²) < 4.78 is 0. The van der Waals surface area contributed by atoms with Gasteiger partial charge in [0.15, 0.2) is 0 Å². The second-order valence-corrected chi connectivity index (χ2v) is 5.62. The maximum absolute atomic E-state index is 11.0. The number of aromatic nitrogens is 1. The van der Waals surface area contributed by atoms with Crippen LogP contribution >= 0.6 is 23.4 Å². The van der Waals surface area contributed by atoms with Gasteiger partial charge in [0.2, 0.25) is 5.91 Å². The first-order chi connectivity index (χ1) is 9.95. The Morgan fingerprint density at radius 3 is 2.52 bits per heavy atom. The smallest absolute Gasteiger partial charge is 0.337 e. The van der Waals surface area contributed by atoms with Crippen LogP contribution in [0.3, 0.4) is 0 Å². The molecule has 0 aliphatic rings. The minimum absolute atomic E-state index is 0.0176. The first-order valence-corrected chi connectivity index (χ1v) is 7.09. The number of nitrogens with zero attached hydrogens (tertiary/aromatic N) is 1. The van der Waals surface area contributed by atoms with Crippen LogP contribution in [0, 0.1) is 0 Å². The highest BCUT2D eigenvalue weighted by atomic mass is 35.5. The number of anilines is 1. The van der Waals surface area contributed by atoms with E-state index in [4.69, 9.17) is 16.7 Å². The predicted molar refractivity (Wildman–Crippen MR) is 81.1 cm³/mol. The predicted octanol–water partition coefficient (Wildman–Crippen LogP) is 3.54. The van der Waals surface area contributed by atoms with Crippen molar-refractivity contribution in [2.75, 3.05) is 5.32 Å². The number of carboxylic acid groups (broad SMARTS) is 1. The molecule has 0 fully saturated rings. The Morgan fingerprint density at radius 2 is 1.95 bits per heavy atom. The summed E-state index contributed by atoms with van der Waals surface area (Å²) in [6.07, 6.45) is 1.32. The minimum atomic E-state index is -1.09. The van der Waals surface area contributed by atoms with E-state index in [9.17, 15) is 9.59 Å². The maximum atomic E-state index is 11.0. The topological polar surface area (TPSA) is 79.3 Å². The quantitative estimate of drug-likeness (QED) is 0.900. The van der Waals surface area contributed by atoms with E-state index in [1.807, 2.05) is 12.1 Å². The number of carbonyl (C=O) groups excluding carboxylic acids is 1. The summed E-state index contributed by atoms with van der Waals surface area (Å²) in [7, 11) is 0. The fraction of sp³-hybridized carbons (Fsp3) is 0.0714. The summed E-state index contributed by atoms with van der Waals surface area (Å²) >= 11 is 7.08. The van der Waals surface area contributed by atoms with Gasteiger partial charge in [-0.1, -0.05) is 23.4 Å². The lowest BCUT2D eigenvalue weighted by molar-refractivity contribution is -0.114. The van der Waals surface area contributed by atoms with Crippen molar-refractivity contribution in [2.24, 2.45) is 0 Å².